The highest BCUT2D eigenvalue weighted by Gasteiger charge is 2.28. The van der Waals surface area contributed by atoms with E-state index in [1.807, 2.05) is 32.6 Å². The van der Waals surface area contributed by atoms with E-state index in [-0.39, 0.29) is 29.4 Å². The van der Waals surface area contributed by atoms with Crippen LogP contribution in [0.15, 0.2) is 0 Å². The van der Waals surface area contributed by atoms with Crippen LogP contribution in [0.25, 0.3) is 0 Å². The summed E-state index contributed by atoms with van der Waals surface area (Å²) in [5, 5.41) is 2.96. The lowest BCUT2D eigenvalue weighted by molar-refractivity contribution is -0.124. The molecule has 1 fully saturated rings. The zero-order valence-electron chi connectivity index (χ0n) is 15.9. The van der Waals surface area contributed by atoms with E-state index in [0.29, 0.717) is 30.9 Å². The van der Waals surface area contributed by atoms with Gasteiger partial charge in [-0.2, -0.15) is 0 Å². The number of carbonyl (C=O) groups is 3. The molecule has 0 aromatic carbocycles. The maximum atomic E-state index is 12.9. The Bertz CT molecular complexity index is 676. The van der Waals surface area contributed by atoms with E-state index >= 15 is 0 Å². The first-order valence-corrected chi connectivity index (χ1v) is 8.99. The number of piperidine rings is 1. The maximum absolute atomic E-state index is 12.9. The largest absolute Gasteiger partial charge is 0.356 e. The zero-order valence-corrected chi connectivity index (χ0v) is 15.9. The molecule has 2 N–H and O–H groups in total. The van der Waals surface area contributed by atoms with Gasteiger partial charge in [0.1, 0.15) is 5.69 Å². The number of Topliss-reactive ketones (excluding diaryl/α,β-unsaturated/α-hetero) is 1. The molecule has 6 nitrogen and oxygen atoms in total. The molecule has 0 aliphatic carbocycles. The summed E-state index contributed by atoms with van der Waals surface area (Å²) in [7, 11) is 0. The molecular formula is C19H29N3O3. The van der Waals surface area contributed by atoms with Crippen molar-refractivity contribution in [3.63, 3.8) is 0 Å². The number of H-pyrrole nitrogens is 1. The Kier molecular flexibility index (Phi) is 6.03. The molecule has 2 heterocycles. The van der Waals surface area contributed by atoms with Gasteiger partial charge in [-0.15, -0.1) is 0 Å². The SMILES string of the molecule is CC(=O)c1c(C)[nH]c(C(=O)N2CCCC(CNC(=O)C(C)C)C2)c1C. The summed E-state index contributed by atoms with van der Waals surface area (Å²) in [5.41, 5.74) is 2.59. The Morgan fingerprint density at radius 1 is 1.28 bits per heavy atom. The van der Waals surface area contributed by atoms with Gasteiger partial charge in [0.15, 0.2) is 5.78 Å². The third kappa shape index (κ3) is 4.30. The van der Waals surface area contributed by atoms with Gasteiger partial charge in [-0.05, 0) is 45.1 Å². The van der Waals surface area contributed by atoms with Crippen molar-refractivity contribution in [1.29, 1.82) is 0 Å². The number of aromatic nitrogens is 1. The summed E-state index contributed by atoms with van der Waals surface area (Å²) < 4.78 is 0. The van der Waals surface area contributed by atoms with Crippen LogP contribution in [-0.2, 0) is 4.79 Å². The van der Waals surface area contributed by atoms with E-state index < -0.39 is 0 Å². The van der Waals surface area contributed by atoms with Crippen LogP contribution in [0.1, 0.15) is 65.7 Å². The van der Waals surface area contributed by atoms with Crippen LogP contribution in [0.5, 0.6) is 0 Å². The van der Waals surface area contributed by atoms with Crippen LogP contribution < -0.4 is 5.32 Å². The fourth-order valence-corrected chi connectivity index (χ4v) is 3.52. The number of nitrogens with one attached hydrogen (secondary N) is 2. The van der Waals surface area contributed by atoms with Gasteiger partial charge in [0.2, 0.25) is 5.91 Å². The number of hydrogen-bond donors (Lipinski definition) is 2. The first kappa shape index (κ1) is 19.2. The highest BCUT2D eigenvalue weighted by Crippen LogP contribution is 2.23. The Labute approximate surface area is 149 Å². The number of hydrogen-bond acceptors (Lipinski definition) is 3. The monoisotopic (exact) mass is 347 g/mol. The number of ketones is 1. The topological polar surface area (TPSA) is 82.3 Å². The molecule has 1 unspecified atom stereocenters. The average Bonchev–Trinajstić information content (AvgIpc) is 2.86. The average molecular weight is 347 g/mol. The molecule has 1 saturated heterocycles. The van der Waals surface area contributed by atoms with Crippen LogP contribution in [-0.4, -0.2) is 47.1 Å². The van der Waals surface area contributed by atoms with Crippen molar-refractivity contribution in [3.05, 3.63) is 22.5 Å². The lowest BCUT2D eigenvalue weighted by atomic mass is 9.97. The lowest BCUT2D eigenvalue weighted by Crippen LogP contribution is -2.44. The Morgan fingerprint density at radius 2 is 1.96 bits per heavy atom. The number of aryl methyl sites for hydroxylation is 1. The van der Waals surface area contributed by atoms with Gasteiger partial charge in [-0.1, -0.05) is 13.8 Å². The number of carbonyl (C=O) groups excluding carboxylic acids is 3. The lowest BCUT2D eigenvalue weighted by Gasteiger charge is -2.33. The van der Waals surface area contributed by atoms with Crippen LogP contribution in [0.3, 0.4) is 0 Å². The highest BCUT2D eigenvalue weighted by atomic mass is 16.2. The standard InChI is InChI=1S/C19H29N3O3/c1-11(2)18(24)20-9-15-7-6-8-22(10-15)19(25)17-12(3)16(14(5)23)13(4)21-17/h11,15,21H,6-10H2,1-5H3,(H,20,24). The Hall–Kier alpha value is -2.11. The third-order valence-corrected chi connectivity index (χ3v) is 4.90. The summed E-state index contributed by atoms with van der Waals surface area (Å²) in [6.45, 7) is 10.8. The smallest absolute Gasteiger partial charge is 0.270 e. The van der Waals surface area contributed by atoms with Crippen LogP contribution >= 0.6 is 0 Å². The Balaban J connectivity index is 2.06. The van der Waals surface area contributed by atoms with Crippen molar-refractivity contribution in [1.82, 2.24) is 15.2 Å². The fraction of sp³-hybridized carbons (Fsp3) is 0.632. The van der Waals surface area contributed by atoms with Gasteiger partial charge in [0.25, 0.3) is 5.91 Å². The number of aromatic amines is 1. The van der Waals surface area contributed by atoms with Gasteiger partial charge in [-0.3, -0.25) is 14.4 Å². The van der Waals surface area contributed by atoms with E-state index in [0.717, 1.165) is 24.1 Å². The second-order valence-corrected chi connectivity index (χ2v) is 7.34. The molecule has 1 aliphatic heterocycles. The summed E-state index contributed by atoms with van der Waals surface area (Å²) in [6.07, 6.45) is 1.93. The Morgan fingerprint density at radius 3 is 2.52 bits per heavy atom. The molecule has 0 bridgehead atoms. The minimum absolute atomic E-state index is 0.0294. The molecule has 1 aromatic heterocycles. The van der Waals surface area contributed by atoms with Gasteiger partial charge in [0, 0.05) is 36.8 Å². The summed E-state index contributed by atoms with van der Waals surface area (Å²) in [4.78, 5) is 41.3. The second-order valence-electron chi connectivity index (χ2n) is 7.34. The molecule has 1 atom stereocenters. The van der Waals surface area contributed by atoms with Crippen molar-refractivity contribution in [2.45, 2.75) is 47.5 Å². The number of amides is 2. The minimum atomic E-state index is -0.0620. The molecule has 6 heteroatoms. The molecule has 1 aliphatic rings. The van der Waals surface area contributed by atoms with Crippen molar-refractivity contribution in [2.24, 2.45) is 11.8 Å². The van der Waals surface area contributed by atoms with E-state index in [4.69, 9.17) is 0 Å². The van der Waals surface area contributed by atoms with E-state index in [2.05, 4.69) is 10.3 Å². The van der Waals surface area contributed by atoms with Crippen molar-refractivity contribution in [3.8, 4) is 0 Å². The van der Waals surface area contributed by atoms with Crippen LogP contribution in [0.2, 0.25) is 0 Å². The highest BCUT2D eigenvalue weighted by molar-refractivity contribution is 6.02. The van der Waals surface area contributed by atoms with E-state index in [1.54, 1.807) is 0 Å². The van der Waals surface area contributed by atoms with E-state index in [1.165, 1.54) is 6.92 Å². The molecule has 0 spiro atoms. The van der Waals surface area contributed by atoms with Crippen LogP contribution in [0, 0.1) is 25.7 Å². The number of nitrogens with zero attached hydrogens (tertiary/aromatic N) is 1. The molecule has 25 heavy (non-hydrogen) atoms. The molecule has 138 valence electrons. The predicted octanol–water partition coefficient (Wildman–Crippen LogP) is 2.46. The van der Waals surface area contributed by atoms with Crippen molar-refractivity contribution in [2.75, 3.05) is 19.6 Å². The minimum Gasteiger partial charge on any atom is -0.356 e. The molecular weight excluding hydrogens is 318 g/mol. The molecule has 0 radical (unpaired) electrons. The maximum Gasteiger partial charge on any atom is 0.270 e. The molecule has 2 rings (SSSR count). The normalized spacial score (nSPS) is 17.7. The molecule has 0 saturated carbocycles. The first-order valence-electron chi connectivity index (χ1n) is 8.99. The van der Waals surface area contributed by atoms with Gasteiger partial charge in [-0.25, -0.2) is 0 Å². The summed E-state index contributed by atoms with van der Waals surface area (Å²) in [6, 6.07) is 0. The van der Waals surface area contributed by atoms with Crippen LogP contribution in [0.4, 0.5) is 0 Å². The van der Waals surface area contributed by atoms with Crippen molar-refractivity contribution < 1.29 is 14.4 Å². The summed E-state index contributed by atoms with van der Waals surface area (Å²) in [5.74, 6) is 0.191. The predicted molar refractivity (Wildman–Crippen MR) is 96.7 cm³/mol. The van der Waals surface area contributed by atoms with Crippen molar-refractivity contribution >= 4 is 17.6 Å². The zero-order chi connectivity index (χ0) is 18.7. The van der Waals surface area contributed by atoms with Gasteiger partial charge >= 0.3 is 0 Å². The second kappa shape index (κ2) is 7.85. The third-order valence-electron chi connectivity index (χ3n) is 4.90. The van der Waals surface area contributed by atoms with Gasteiger partial charge < -0.3 is 15.2 Å². The van der Waals surface area contributed by atoms with E-state index in [9.17, 15) is 14.4 Å². The number of rotatable bonds is 5. The first-order chi connectivity index (χ1) is 11.7. The quantitative estimate of drug-likeness (QED) is 0.803. The number of likely N-dealkylation sites (tertiary alicyclic amines) is 1. The summed E-state index contributed by atoms with van der Waals surface area (Å²) >= 11 is 0. The molecule has 1 aromatic rings. The fourth-order valence-electron chi connectivity index (χ4n) is 3.52. The van der Waals surface area contributed by atoms with Gasteiger partial charge in [0.05, 0.1) is 0 Å². The molecule has 2 amide bonds.